The molecule has 0 N–H and O–H groups in total. The number of carbonyl (C=O) groups excluding carboxylic acids is 1. The number of benzene rings is 1. The number of carbonyl (C=O) groups is 1. The van der Waals surface area contributed by atoms with Crippen molar-refractivity contribution in [3.63, 3.8) is 0 Å². The second-order valence-corrected chi connectivity index (χ2v) is 5.64. The SMILES string of the molecule is COC(=O)Cc1csc(C2COc3ccccc3C2)n1. The minimum atomic E-state index is -0.257. The highest BCUT2D eigenvalue weighted by molar-refractivity contribution is 7.09. The second-order valence-electron chi connectivity index (χ2n) is 4.75. The number of thiazole rings is 1. The van der Waals surface area contributed by atoms with E-state index in [0.29, 0.717) is 6.61 Å². The van der Waals surface area contributed by atoms with Gasteiger partial charge in [0.05, 0.1) is 30.8 Å². The summed E-state index contributed by atoms with van der Waals surface area (Å²) < 4.78 is 10.4. The first-order chi connectivity index (χ1) is 9.76. The van der Waals surface area contributed by atoms with Gasteiger partial charge >= 0.3 is 5.97 Å². The van der Waals surface area contributed by atoms with Crippen LogP contribution in [0.5, 0.6) is 5.75 Å². The highest BCUT2D eigenvalue weighted by atomic mass is 32.1. The summed E-state index contributed by atoms with van der Waals surface area (Å²) in [6.07, 6.45) is 1.17. The third-order valence-corrected chi connectivity index (χ3v) is 4.41. The Bertz CT molecular complexity index is 623. The third kappa shape index (κ3) is 2.67. The maximum atomic E-state index is 11.2. The maximum absolute atomic E-state index is 11.2. The van der Waals surface area contributed by atoms with Crippen LogP contribution in [-0.4, -0.2) is 24.7 Å². The minimum Gasteiger partial charge on any atom is -0.493 e. The van der Waals surface area contributed by atoms with Crippen molar-refractivity contribution in [1.82, 2.24) is 4.98 Å². The van der Waals surface area contributed by atoms with Gasteiger partial charge in [-0.05, 0) is 18.1 Å². The Morgan fingerprint density at radius 1 is 1.50 bits per heavy atom. The Labute approximate surface area is 121 Å². The Hall–Kier alpha value is -1.88. The molecule has 0 aliphatic carbocycles. The van der Waals surface area contributed by atoms with Crippen LogP contribution in [0.25, 0.3) is 0 Å². The average Bonchev–Trinajstić information content (AvgIpc) is 2.95. The van der Waals surface area contributed by atoms with Gasteiger partial charge in [0.25, 0.3) is 0 Å². The highest BCUT2D eigenvalue weighted by Gasteiger charge is 2.23. The molecule has 0 fully saturated rings. The molecule has 0 saturated heterocycles. The van der Waals surface area contributed by atoms with Crippen molar-refractivity contribution in [3.8, 4) is 5.75 Å². The van der Waals surface area contributed by atoms with Crippen molar-refractivity contribution in [3.05, 3.63) is 45.9 Å². The minimum absolute atomic E-state index is 0.233. The smallest absolute Gasteiger partial charge is 0.311 e. The summed E-state index contributed by atoms with van der Waals surface area (Å²) in [5.74, 6) is 0.975. The Kier molecular flexibility index (Phi) is 3.69. The topological polar surface area (TPSA) is 48.4 Å². The van der Waals surface area contributed by atoms with Crippen molar-refractivity contribution in [1.29, 1.82) is 0 Å². The molecular weight excluding hydrogens is 274 g/mol. The molecule has 0 amide bonds. The number of hydrogen-bond donors (Lipinski definition) is 0. The van der Waals surface area contributed by atoms with Crippen LogP contribution < -0.4 is 4.74 Å². The maximum Gasteiger partial charge on any atom is 0.311 e. The molecule has 1 unspecified atom stereocenters. The molecule has 0 spiro atoms. The monoisotopic (exact) mass is 289 g/mol. The van der Waals surface area contributed by atoms with Crippen LogP contribution in [0.4, 0.5) is 0 Å². The Morgan fingerprint density at radius 2 is 2.35 bits per heavy atom. The lowest BCUT2D eigenvalue weighted by Gasteiger charge is -2.23. The average molecular weight is 289 g/mol. The number of esters is 1. The lowest BCUT2D eigenvalue weighted by atomic mass is 9.97. The second kappa shape index (κ2) is 5.63. The van der Waals surface area contributed by atoms with E-state index in [9.17, 15) is 4.79 Å². The van der Waals surface area contributed by atoms with Gasteiger partial charge in [-0.3, -0.25) is 4.79 Å². The summed E-state index contributed by atoms with van der Waals surface area (Å²) in [6.45, 7) is 0.641. The van der Waals surface area contributed by atoms with E-state index in [2.05, 4.69) is 15.8 Å². The molecule has 1 aliphatic rings. The third-order valence-electron chi connectivity index (χ3n) is 3.35. The van der Waals surface area contributed by atoms with E-state index in [0.717, 1.165) is 22.9 Å². The van der Waals surface area contributed by atoms with Crippen molar-refractivity contribution in [2.75, 3.05) is 13.7 Å². The van der Waals surface area contributed by atoms with Gasteiger partial charge < -0.3 is 9.47 Å². The molecule has 0 radical (unpaired) electrons. The van der Waals surface area contributed by atoms with E-state index in [1.54, 1.807) is 11.3 Å². The van der Waals surface area contributed by atoms with E-state index in [-0.39, 0.29) is 18.3 Å². The molecule has 1 aromatic heterocycles. The van der Waals surface area contributed by atoms with Gasteiger partial charge in [-0.25, -0.2) is 4.98 Å². The number of rotatable bonds is 3. The van der Waals surface area contributed by atoms with Crippen LogP contribution in [-0.2, 0) is 22.4 Å². The standard InChI is InChI=1S/C15H15NO3S/c1-18-14(17)7-12-9-20-15(16-12)11-6-10-4-2-3-5-13(10)19-8-11/h2-5,9,11H,6-8H2,1H3. The van der Waals surface area contributed by atoms with Gasteiger partial charge in [0.2, 0.25) is 0 Å². The van der Waals surface area contributed by atoms with Crippen LogP contribution in [0.1, 0.15) is 22.2 Å². The number of nitrogens with zero attached hydrogens (tertiary/aromatic N) is 1. The lowest BCUT2D eigenvalue weighted by molar-refractivity contribution is -0.139. The van der Waals surface area contributed by atoms with Crippen LogP contribution in [0.2, 0.25) is 0 Å². The molecule has 0 bridgehead atoms. The zero-order valence-corrected chi connectivity index (χ0v) is 12.0. The van der Waals surface area contributed by atoms with Gasteiger partial charge in [-0.15, -0.1) is 11.3 Å². The number of methoxy groups -OCH3 is 1. The van der Waals surface area contributed by atoms with Crippen LogP contribution in [0.3, 0.4) is 0 Å². The molecular formula is C15H15NO3S. The van der Waals surface area contributed by atoms with Crippen molar-refractivity contribution in [2.24, 2.45) is 0 Å². The van der Waals surface area contributed by atoms with Gasteiger partial charge in [0, 0.05) is 11.3 Å². The molecule has 3 rings (SSSR count). The number of aromatic nitrogens is 1. The number of para-hydroxylation sites is 1. The van der Waals surface area contributed by atoms with Gasteiger partial charge in [-0.1, -0.05) is 18.2 Å². The fourth-order valence-corrected chi connectivity index (χ4v) is 3.20. The molecule has 0 saturated carbocycles. The quantitative estimate of drug-likeness (QED) is 0.815. The largest absolute Gasteiger partial charge is 0.493 e. The molecule has 2 heterocycles. The van der Waals surface area contributed by atoms with E-state index < -0.39 is 0 Å². The summed E-state index contributed by atoms with van der Waals surface area (Å²) in [4.78, 5) is 15.8. The van der Waals surface area contributed by atoms with E-state index in [1.165, 1.54) is 12.7 Å². The molecule has 5 heteroatoms. The normalized spacial score (nSPS) is 17.1. The number of ether oxygens (including phenoxy) is 2. The summed E-state index contributed by atoms with van der Waals surface area (Å²) in [7, 11) is 1.39. The Balaban J connectivity index is 1.73. The van der Waals surface area contributed by atoms with Crippen molar-refractivity contribution < 1.29 is 14.3 Å². The predicted molar refractivity (Wildman–Crippen MR) is 76.2 cm³/mol. The van der Waals surface area contributed by atoms with Crippen LogP contribution >= 0.6 is 11.3 Å². The van der Waals surface area contributed by atoms with E-state index in [4.69, 9.17) is 4.74 Å². The first-order valence-electron chi connectivity index (χ1n) is 6.48. The van der Waals surface area contributed by atoms with Crippen molar-refractivity contribution >= 4 is 17.3 Å². The zero-order chi connectivity index (χ0) is 13.9. The zero-order valence-electron chi connectivity index (χ0n) is 11.2. The van der Waals surface area contributed by atoms with Gasteiger partial charge in [-0.2, -0.15) is 0 Å². The van der Waals surface area contributed by atoms with Gasteiger partial charge in [0.1, 0.15) is 5.75 Å². The fourth-order valence-electron chi connectivity index (χ4n) is 2.30. The number of hydrogen-bond acceptors (Lipinski definition) is 5. The first-order valence-corrected chi connectivity index (χ1v) is 7.36. The molecule has 104 valence electrons. The molecule has 2 aromatic rings. The van der Waals surface area contributed by atoms with E-state index >= 15 is 0 Å². The Morgan fingerprint density at radius 3 is 3.20 bits per heavy atom. The van der Waals surface area contributed by atoms with Crippen LogP contribution in [0, 0.1) is 0 Å². The first kappa shape index (κ1) is 13.1. The summed E-state index contributed by atoms with van der Waals surface area (Å²) in [5.41, 5.74) is 1.99. The fraction of sp³-hybridized carbons (Fsp3) is 0.333. The summed E-state index contributed by atoms with van der Waals surface area (Å²) in [6, 6.07) is 8.09. The molecule has 1 atom stereocenters. The molecule has 1 aliphatic heterocycles. The predicted octanol–water partition coefficient (Wildman–Crippen LogP) is 2.58. The van der Waals surface area contributed by atoms with Crippen LogP contribution in [0.15, 0.2) is 29.6 Å². The molecule has 20 heavy (non-hydrogen) atoms. The molecule has 4 nitrogen and oxygen atoms in total. The lowest BCUT2D eigenvalue weighted by Crippen LogP contribution is -2.19. The highest BCUT2D eigenvalue weighted by Crippen LogP contribution is 2.33. The summed E-state index contributed by atoms with van der Waals surface area (Å²) in [5, 5.41) is 2.95. The molecule has 1 aromatic carbocycles. The number of fused-ring (bicyclic) bond motifs is 1. The van der Waals surface area contributed by atoms with Crippen molar-refractivity contribution in [2.45, 2.75) is 18.8 Å². The van der Waals surface area contributed by atoms with E-state index in [1.807, 2.05) is 23.6 Å². The van der Waals surface area contributed by atoms with Gasteiger partial charge in [0.15, 0.2) is 0 Å². The summed E-state index contributed by atoms with van der Waals surface area (Å²) >= 11 is 1.58.